The van der Waals surface area contributed by atoms with E-state index in [4.69, 9.17) is 5.11 Å². The fraction of sp³-hybridized carbons (Fsp3) is 0.417. The van der Waals surface area contributed by atoms with Gasteiger partial charge in [0.05, 0.1) is 11.1 Å². The van der Waals surface area contributed by atoms with Crippen LogP contribution >= 0.6 is 0 Å². The first-order chi connectivity index (χ1) is 8.95. The van der Waals surface area contributed by atoms with Crippen molar-refractivity contribution in [2.45, 2.75) is 31.7 Å². The number of alkyl halides is 3. The molecule has 112 valence electrons. The van der Waals surface area contributed by atoms with Crippen LogP contribution in [0.5, 0.6) is 0 Å². The van der Waals surface area contributed by atoms with Crippen LogP contribution in [0, 0.1) is 5.82 Å². The highest BCUT2D eigenvalue weighted by atomic mass is 19.4. The van der Waals surface area contributed by atoms with Gasteiger partial charge in [0.2, 0.25) is 0 Å². The van der Waals surface area contributed by atoms with Gasteiger partial charge in [-0.05, 0) is 31.5 Å². The number of halogens is 4. The van der Waals surface area contributed by atoms with Gasteiger partial charge >= 0.3 is 12.3 Å². The molecule has 3 N–H and O–H groups in total. The van der Waals surface area contributed by atoms with Crippen molar-refractivity contribution in [3.63, 3.8) is 0 Å². The molecule has 4 nitrogen and oxygen atoms in total. The molecule has 0 bridgehead atoms. The van der Waals surface area contributed by atoms with Crippen LogP contribution in [0.3, 0.4) is 0 Å². The Bertz CT molecular complexity index is 514. The summed E-state index contributed by atoms with van der Waals surface area (Å²) in [5.74, 6) is -1.53. The number of hydrogen-bond acceptors (Lipinski definition) is 2. The molecule has 0 heterocycles. The molecule has 1 aromatic carbocycles. The summed E-state index contributed by atoms with van der Waals surface area (Å²) in [6, 6.07) is 1.95. The number of benzene rings is 1. The summed E-state index contributed by atoms with van der Waals surface area (Å²) in [5.41, 5.74) is -3.00. The second-order valence-electron chi connectivity index (χ2n) is 4.79. The lowest BCUT2D eigenvalue weighted by Crippen LogP contribution is -2.47. The number of hydrogen-bond donors (Lipinski definition) is 3. The number of amides is 1. The Morgan fingerprint density at radius 2 is 1.85 bits per heavy atom. The van der Waals surface area contributed by atoms with Gasteiger partial charge in [0.1, 0.15) is 11.9 Å². The minimum atomic E-state index is -4.83. The van der Waals surface area contributed by atoms with Crippen molar-refractivity contribution in [3.8, 4) is 0 Å². The average Bonchev–Trinajstić information content (AvgIpc) is 2.24. The van der Waals surface area contributed by atoms with Crippen LogP contribution < -0.4 is 5.32 Å². The fourth-order valence-electron chi connectivity index (χ4n) is 1.69. The molecule has 1 amide bonds. The van der Waals surface area contributed by atoms with Crippen molar-refractivity contribution in [2.24, 2.45) is 0 Å². The van der Waals surface area contributed by atoms with Crippen molar-refractivity contribution in [2.75, 3.05) is 0 Å². The van der Waals surface area contributed by atoms with E-state index in [1.54, 1.807) is 0 Å². The Hall–Kier alpha value is -1.83. The maximum absolute atomic E-state index is 13.4. The molecule has 0 aliphatic carbocycles. The van der Waals surface area contributed by atoms with Crippen molar-refractivity contribution < 1.29 is 32.6 Å². The monoisotopic (exact) mass is 295 g/mol. The maximum atomic E-state index is 13.4. The number of carbonyl (C=O) groups is 1. The van der Waals surface area contributed by atoms with E-state index in [0.29, 0.717) is 12.1 Å². The van der Waals surface area contributed by atoms with Gasteiger partial charge in [-0.25, -0.2) is 9.18 Å². The van der Waals surface area contributed by atoms with Gasteiger partial charge in [0.25, 0.3) is 0 Å². The van der Waals surface area contributed by atoms with E-state index >= 15 is 0 Å². The Labute approximate surface area is 112 Å². The van der Waals surface area contributed by atoms with Crippen molar-refractivity contribution >= 4 is 6.09 Å². The van der Waals surface area contributed by atoms with E-state index in [-0.39, 0.29) is 5.56 Å². The highest BCUT2D eigenvalue weighted by Gasteiger charge is 2.36. The van der Waals surface area contributed by atoms with Gasteiger partial charge in [0, 0.05) is 0 Å². The zero-order valence-electron chi connectivity index (χ0n) is 10.6. The first-order valence-electron chi connectivity index (χ1n) is 5.51. The quantitative estimate of drug-likeness (QED) is 0.751. The average molecular weight is 295 g/mol. The van der Waals surface area contributed by atoms with Gasteiger partial charge in [-0.15, -0.1) is 0 Å². The third-order valence-corrected chi connectivity index (χ3v) is 2.73. The Morgan fingerprint density at radius 1 is 1.30 bits per heavy atom. The number of nitrogens with one attached hydrogen (secondary N) is 1. The van der Waals surface area contributed by atoms with Gasteiger partial charge in [-0.2, -0.15) is 13.2 Å². The molecule has 1 atom stereocenters. The molecule has 1 rings (SSSR count). The molecular weight excluding hydrogens is 282 g/mol. The van der Waals surface area contributed by atoms with Crippen LogP contribution in [-0.4, -0.2) is 21.8 Å². The highest BCUT2D eigenvalue weighted by molar-refractivity contribution is 5.65. The van der Waals surface area contributed by atoms with Crippen LogP contribution in [0.15, 0.2) is 18.2 Å². The molecule has 8 heteroatoms. The van der Waals surface area contributed by atoms with Gasteiger partial charge < -0.3 is 15.5 Å². The zero-order chi connectivity index (χ0) is 15.7. The smallest absolute Gasteiger partial charge is 0.419 e. The van der Waals surface area contributed by atoms with Gasteiger partial charge in [-0.3, -0.25) is 0 Å². The minimum absolute atomic E-state index is 0.158. The molecule has 0 aromatic heterocycles. The molecule has 0 aliphatic heterocycles. The largest absolute Gasteiger partial charge is 0.465 e. The third-order valence-electron chi connectivity index (χ3n) is 2.73. The molecule has 0 radical (unpaired) electrons. The van der Waals surface area contributed by atoms with Gasteiger partial charge in [-0.1, -0.05) is 6.07 Å². The summed E-state index contributed by atoms with van der Waals surface area (Å²) in [6.45, 7) is 2.64. The first-order valence-corrected chi connectivity index (χ1v) is 5.51. The Morgan fingerprint density at radius 3 is 2.25 bits per heavy atom. The molecule has 0 saturated carbocycles. The topological polar surface area (TPSA) is 69.6 Å². The maximum Gasteiger partial charge on any atom is 0.419 e. The van der Waals surface area contributed by atoms with E-state index in [1.165, 1.54) is 13.8 Å². The second-order valence-corrected chi connectivity index (χ2v) is 4.79. The minimum Gasteiger partial charge on any atom is -0.465 e. The number of carboxylic acid groups (broad SMARTS) is 1. The van der Waals surface area contributed by atoms with Crippen LogP contribution in [-0.2, 0) is 6.18 Å². The summed E-state index contributed by atoms with van der Waals surface area (Å²) < 4.78 is 50.6. The van der Waals surface area contributed by atoms with E-state index < -0.39 is 35.3 Å². The third kappa shape index (κ3) is 3.60. The van der Waals surface area contributed by atoms with E-state index in [1.807, 2.05) is 5.32 Å². The first kappa shape index (κ1) is 16.2. The summed E-state index contributed by atoms with van der Waals surface area (Å²) in [7, 11) is 0. The SMILES string of the molecule is CC(C)(NC(=O)O)C(O)c1ccc(C(F)(F)F)c(F)c1. The molecular formula is C12H13F4NO3. The number of rotatable bonds is 3. The van der Waals surface area contributed by atoms with Crippen LogP contribution in [0.2, 0.25) is 0 Å². The molecule has 20 heavy (non-hydrogen) atoms. The number of aliphatic hydroxyl groups excluding tert-OH is 1. The Kier molecular flexibility index (Phi) is 4.28. The van der Waals surface area contributed by atoms with Crippen LogP contribution in [0.25, 0.3) is 0 Å². The normalized spacial score (nSPS) is 13.9. The fourth-order valence-corrected chi connectivity index (χ4v) is 1.69. The standard InChI is InChI=1S/C12H13F4NO3/c1-11(2,17-10(19)20)9(18)6-3-4-7(8(13)5-6)12(14,15)16/h3-5,9,17-18H,1-2H3,(H,19,20). The summed E-state index contributed by atoms with van der Waals surface area (Å²) in [4.78, 5) is 10.6. The molecule has 1 unspecified atom stereocenters. The van der Waals surface area contributed by atoms with Gasteiger partial charge in [0.15, 0.2) is 0 Å². The number of aliphatic hydroxyl groups is 1. The van der Waals surface area contributed by atoms with Crippen molar-refractivity contribution in [1.82, 2.24) is 5.32 Å². The predicted octanol–water partition coefficient (Wildman–Crippen LogP) is 2.92. The second kappa shape index (κ2) is 5.28. The zero-order valence-corrected chi connectivity index (χ0v) is 10.6. The van der Waals surface area contributed by atoms with E-state index in [2.05, 4.69) is 0 Å². The predicted molar refractivity (Wildman–Crippen MR) is 61.6 cm³/mol. The summed E-state index contributed by atoms with van der Waals surface area (Å²) >= 11 is 0. The summed E-state index contributed by atoms with van der Waals surface area (Å²) in [6.07, 6.45) is -7.75. The lowest BCUT2D eigenvalue weighted by molar-refractivity contribution is -0.140. The molecule has 0 saturated heterocycles. The summed E-state index contributed by atoms with van der Waals surface area (Å²) in [5, 5.41) is 20.6. The molecule has 0 spiro atoms. The lowest BCUT2D eigenvalue weighted by atomic mass is 9.91. The van der Waals surface area contributed by atoms with E-state index in [9.17, 15) is 27.5 Å². The van der Waals surface area contributed by atoms with Crippen molar-refractivity contribution in [3.05, 3.63) is 35.1 Å². The van der Waals surface area contributed by atoms with Crippen LogP contribution in [0.1, 0.15) is 31.1 Å². The molecule has 1 aromatic rings. The van der Waals surface area contributed by atoms with E-state index in [0.717, 1.165) is 6.07 Å². The molecule has 0 aliphatic rings. The Balaban J connectivity index is 3.10. The van der Waals surface area contributed by atoms with Crippen LogP contribution in [0.4, 0.5) is 22.4 Å². The van der Waals surface area contributed by atoms with Crippen molar-refractivity contribution in [1.29, 1.82) is 0 Å². The lowest BCUT2D eigenvalue weighted by Gasteiger charge is -2.30. The highest BCUT2D eigenvalue weighted by Crippen LogP contribution is 2.34. The molecule has 0 fully saturated rings.